The summed E-state index contributed by atoms with van der Waals surface area (Å²) in [6, 6.07) is 1.31. The Labute approximate surface area is 97.2 Å². The molecule has 0 aliphatic carbocycles. The van der Waals surface area contributed by atoms with Gasteiger partial charge in [0.2, 0.25) is 0 Å². The molecule has 3 nitrogen and oxygen atoms in total. The van der Waals surface area contributed by atoms with Gasteiger partial charge in [0.25, 0.3) is 6.43 Å². The summed E-state index contributed by atoms with van der Waals surface area (Å²) in [5.41, 5.74) is -0.573. The van der Waals surface area contributed by atoms with Crippen molar-refractivity contribution in [3.8, 4) is 0 Å². The standard InChI is InChI=1S/C8H5BrClF2NO2/c9-4-1-3(2-5(14)15)13-7(6(4)10)8(11)12/h1,8H,2H2,(H,14,15). The summed E-state index contributed by atoms with van der Waals surface area (Å²) < 4.78 is 25.0. The van der Waals surface area contributed by atoms with Crippen molar-refractivity contribution in [1.82, 2.24) is 4.98 Å². The molecule has 0 unspecified atom stereocenters. The Morgan fingerprint density at radius 3 is 2.73 bits per heavy atom. The minimum absolute atomic E-state index is 0.0362. The van der Waals surface area contributed by atoms with E-state index in [1.807, 2.05) is 0 Å². The smallest absolute Gasteiger partial charge is 0.309 e. The summed E-state index contributed by atoms with van der Waals surface area (Å²) in [4.78, 5) is 13.9. The van der Waals surface area contributed by atoms with Crippen LogP contribution in [0.5, 0.6) is 0 Å². The van der Waals surface area contributed by atoms with Crippen LogP contribution in [0.2, 0.25) is 5.02 Å². The van der Waals surface area contributed by atoms with E-state index in [2.05, 4.69) is 20.9 Å². The van der Waals surface area contributed by atoms with Crippen LogP contribution >= 0.6 is 27.5 Å². The molecule has 0 aromatic carbocycles. The second-order valence-electron chi connectivity index (χ2n) is 2.67. The van der Waals surface area contributed by atoms with Crippen LogP contribution in [0.1, 0.15) is 17.8 Å². The number of hydrogen-bond donors (Lipinski definition) is 1. The normalized spacial score (nSPS) is 10.7. The van der Waals surface area contributed by atoms with Gasteiger partial charge in [0.1, 0.15) is 5.69 Å². The number of halogens is 4. The topological polar surface area (TPSA) is 50.2 Å². The third-order valence-corrected chi connectivity index (χ3v) is 2.78. The highest BCUT2D eigenvalue weighted by atomic mass is 79.9. The predicted octanol–water partition coefficient (Wildman–Crippen LogP) is 3.06. The second-order valence-corrected chi connectivity index (χ2v) is 3.90. The lowest BCUT2D eigenvalue weighted by Gasteiger charge is -2.06. The molecule has 1 aromatic rings. The molecule has 1 aromatic heterocycles. The highest BCUT2D eigenvalue weighted by Gasteiger charge is 2.18. The third-order valence-electron chi connectivity index (χ3n) is 1.53. The molecule has 82 valence electrons. The van der Waals surface area contributed by atoms with Crippen molar-refractivity contribution in [3.63, 3.8) is 0 Å². The summed E-state index contributed by atoms with van der Waals surface area (Å²) in [7, 11) is 0. The zero-order valence-corrected chi connectivity index (χ0v) is 9.52. The number of hydrogen-bond acceptors (Lipinski definition) is 2. The lowest BCUT2D eigenvalue weighted by atomic mass is 10.2. The quantitative estimate of drug-likeness (QED) is 0.933. The molecule has 1 N–H and O–H groups in total. The molecular weight excluding hydrogens is 295 g/mol. The maximum atomic E-state index is 12.4. The van der Waals surface area contributed by atoms with Crippen LogP contribution in [0.3, 0.4) is 0 Å². The fourth-order valence-electron chi connectivity index (χ4n) is 0.958. The van der Waals surface area contributed by atoms with Gasteiger partial charge in [-0.3, -0.25) is 4.79 Å². The largest absolute Gasteiger partial charge is 0.481 e. The number of rotatable bonds is 3. The molecule has 0 amide bonds. The number of carboxylic acid groups (broad SMARTS) is 1. The first-order valence-corrected chi connectivity index (χ1v) is 4.93. The van der Waals surface area contributed by atoms with Crippen LogP contribution in [0.4, 0.5) is 8.78 Å². The van der Waals surface area contributed by atoms with Crippen LogP contribution < -0.4 is 0 Å². The molecule has 0 fully saturated rings. The van der Waals surface area contributed by atoms with Gasteiger partial charge in [-0.1, -0.05) is 11.6 Å². The monoisotopic (exact) mass is 299 g/mol. The van der Waals surface area contributed by atoms with Crippen LogP contribution in [0.25, 0.3) is 0 Å². The molecule has 0 bridgehead atoms. The number of carbonyl (C=O) groups is 1. The van der Waals surface area contributed by atoms with Crippen molar-refractivity contribution in [2.75, 3.05) is 0 Å². The first-order chi connectivity index (χ1) is 6.91. The van der Waals surface area contributed by atoms with Gasteiger partial charge in [-0.15, -0.1) is 0 Å². The first-order valence-electron chi connectivity index (χ1n) is 3.76. The fraction of sp³-hybridized carbons (Fsp3) is 0.250. The van der Waals surface area contributed by atoms with Crippen molar-refractivity contribution >= 4 is 33.5 Å². The van der Waals surface area contributed by atoms with E-state index in [9.17, 15) is 13.6 Å². The van der Waals surface area contributed by atoms with E-state index >= 15 is 0 Å². The average molecular weight is 300 g/mol. The van der Waals surface area contributed by atoms with E-state index in [0.29, 0.717) is 0 Å². The Morgan fingerprint density at radius 2 is 2.27 bits per heavy atom. The molecule has 0 radical (unpaired) electrons. The molecule has 1 rings (SSSR count). The molecule has 0 atom stereocenters. The van der Waals surface area contributed by atoms with Gasteiger partial charge in [0, 0.05) is 4.47 Å². The molecule has 7 heteroatoms. The first kappa shape index (κ1) is 12.3. The Bertz CT molecular complexity index is 400. The van der Waals surface area contributed by atoms with Crippen LogP contribution in [-0.2, 0) is 11.2 Å². The van der Waals surface area contributed by atoms with Crippen molar-refractivity contribution in [2.24, 2.45) is 0 Å². The maximum Gasteiger partial charge on any atom is 0.309 e. The number of alkyl halides is 2. The van der Waals surface area contributed by atoms with Crippen LogP contribution in [0.15, 0.2) is 10.5 Å². The Balaban J connectivity index is 3.17. The zero-order chi connectivity index (χ0) is 11.6. The third kappa shape index (κ3) is 3.10. The molecule has 15 heavy (non-hydrogen) atoms. The van der Waals surface area contributed by atoms with Gasteiger partial charge < -0.3 is 5.11 Å². The van der Waals surface area contributed by atoms with Crippen LogP contribution in [-0.4, -0.2) is 16.1 Å². The van der Waals surface area contributed by atoms with Gasteiger partial charge in [0.05, 0.1) is 17.1 Å². The van der Waals surface area contributed by atoms with Gasteiger partial charge in [-0.05, 0) is 22.0 Å². The van der Waals surface area contributed by atoms with Gasteiger partial charge in [0.15, 0.2) is 0 Å². The van der Waals surface area contributed by atoms with Crippen molar-refractivity contribution in [3.05, 3.63) is 26.9 Å². The van der Waals surface area contributed by atoms with Crippen molar-refractivity contribution < 1.29 is 18.7 Å². The van der Waals surface area contributed by atoms with E-state index in [1.54, 1.807) is 0 Å². The highest BCUT2D eigenvalue weighted by Crippen LogP contribution is 2.31. The number of pyridine rings is 1. The summed E-state index contributed by atoms with van der Waals surface area (Å²) in [5, 5.41) is 8.29. The number of nitrogens with zero attached hydrogens (tertiary/aromatic N) is 1. The molecule has 0 aliphatic heterocycles. The number of aromatic nitrogens is 1. The van der Waals surface area contributed by atoms with E-state index in [4.69, 9.17) is 16.7 Å². The molecule has 1 heterocycles. The molecule has 0 saturated carbocycles. The minimum Gasteiger partial charge on any atom is -0.481 e. The predicted molar refractivity (Wildman–Crippen MR) is 53.2 cm³/mol. The fourth-order valence-corrected chi connectivity index (χ4v) is 1.60. The van der Waals surface area contributed by atoms with Crippen LogP contribution in [0, 0.1) is 0 Å². The van der Waals surface area contributed by atoms with Gasteiger partial charge >= 0.3 is 5.97 Å². The van der Waals surface area contributed by atoms with E-state index < -0.39 is 24.5 Å². The second kappa shape index (κ2) is 4.85. The Kier molecular flexibility index (Phi) is 3.98. The zero-order valence-electron chi connectivity index (χ0n) is 7.18. The van der Waals surface area contributed by atoms with Gasteiger partial charge in [-0.25, -0.2) is 13.8 Å². The lowest BCUT2D eigenvalue weighted by molar-refractivity contribution is -0.136. The number of carboxylic acids is 1. The Morgan fingerprint density at radius 1 is 1.67 bits per heavy atom. The summed E-state index contributed by atoms with van der Waals surface area (Å²) >= 11 is 8.52. The summed E-state index contributed by atoms with van der Waals surface area (Å²) in [6.07, 6.45) is -3.25. The van der Waals surface area contributed by atoms with Crippen molar-refractivity contribution in [1.29, 1.82) is 0 Å². The maximum absolute atomic E-state index is 12.4. The van der Waals surface area contributed by atoms with Crippen molar-refractivity contribution in [2.45, 2.75) is 12.8 Å². The van der Waals surface area contributed by atoms with E-state index in [0.717, 1.165) is 0 Å². The molecule has 0 spiro atoms. The molecular formula is C8H5BrClF2NO2. The van der Waals surface area contributed by atoms with E-state index in [-0.39, 0.29) is 15.2 Å². The average Bonchev–Trinajstić information content (AvgIpc) is 2.09. The SMILES string of the molecule is O=C(O)Cc1cc(Br)c(Cl)c(C(F)F)n1. The molecule has 0 aliphatic rings. The summed E-state index contributed by atoms with van der Waals surface area (Å²) in [5.74, 6) is -1.14. The minimum atomic E-state index is -2.83. The number of aliphatic carboxylic acids is 1. The van der Waals surface area contributed by atoms with Gasteiger partial charge in [-0.2, -0.15) is 0 Å². The van der Waals surface area contributed by atoms with E-state index in [1.165, 1.54) is 6.07 Å². The highest BCUT2D eigenvalue weighted by molar-refractivity contribution is 9.10. The Hall–Kier alpha value is -0.750. The molecule has 0 saturated heterocycles. The lowest BCUT2D eigenvalue weighted by Crippen LogP contribution is -2.05. The summed E-state index contributed by atoms with van der Waals surface area (Å²) in [6.45, 7) is 0.